The lowest BCUT2D eigenvalue weighted by molar-refractivity contribution is 1.25. The van der Waals surface area contributed by atoms with Gasteiger partial charge in [-0.15, -0.1) is 0 Å². The van der Waals surface area contributed by atoms with E-state index in [2.05, 4.69) is 96.6 Å². The highest BCUT2D eigenvalue weighted by Crippen LogP contribution is 2.36. The number of benzene rings is 3. The maximum atomic E-state index is 5.06. The summed E-state index contributed by atoms with van der Waals surface area (Å²) in [5.41, 5.74) is 8.90. The number of aromatic amines is 2. The molecule has 0 bridgehead atoms. The Morgan fingerprint density at radius 1 is 0.679 bits per heavy atom. The molecule has 3 aromatic carbocycles. The zero-order chi connectivity index (χ0) is 19.1. The van der Waals surface area contributed by atoms with Crippen LogP contribution in [0.3, 0.4) is 0 Å². The second kappa shape index (κ2) is 6.54. The minimum Gasteiger partial charge on any atom is -0.358 e. The highest BCUT2D eigenvalue weighted by molar-refractivity contribution is 5.97. The van der Waals surface area contributed by atoms with E-state index >= 15 is 0 Å². The van der Waals surface area contributed by atoms with Gasteiger partial charge in [0.05, 0.1) is 11.4 Å². The van der Waals surface area contributed by atoms with E-state index in [-0.39, 0.29) is 0 Å². The Morgan fingerprint density at radius 3 is 2.18 bits per heavy atom. The molecule has 0 saturated carbocycles. The van der Waals surface area contributed by atoms with Crippen molar-refractivity contribution in [3.05, 3.63) is 90.1 Å². The first-order valence-corrected chi connectivity index (χ1v) is 9.51. The first kappa shape index (κ1) is 16.6. The van der Waals surface area contributed by atoms with Crippen molar-refractivity contribution in [1.82, 2.24) is 15.0 Å². The SMILES string of the molecule is Cc1ccc(-c2[nH]c(-c3c(C)[nH]c4ccccc34)nc2-c2ccccc2)cc1. The van der Waals surface area contributed by atoms with Crippen LogP contribution in [0.4, 0.5) is 0 Å². The lowest BCUT2D eigenvalue weighted by atomic mass is 10.0. The average Bonchev–Trinajstić information content (AvgIpc) is 3.29. The van der Waals surface area contributed by atoms with Crippen LogP contribution in [-0.4, -0.2) is 15.0 Å². The average molecular weight is 363 g/mol. The van der Waals surface area contributed by atoms with Crippen LogP contribution in [0.2, 0.25) is 0 Å². The van der Waals surface area contributed by atoms with Gasteiger partial charge in [0.15, 0.2) is 0 Å². The fourth-order valence-corrected chi connectivity index (χ4v) is 3.81. The summed E-state index contributed by atoms with van der Waals surface area (Å²) < 4.78 is 0. The predicted octanol–water partition coefficient (Wildman–Crippen LogP) is 6.51. The number of hydrogen-bond acceptors (Lipinski definition) is 1. The normalized spacial score (nSPS) is 11.2. The number of aryl methyl sites for hydroxylation is 2. The fraction of sp³-hybridized carbons (Fsp3) is 0.0800. The van der Waals surface area contributed by atoms with Crippen molar-refractivity contribution in [3.63, 3.8) is 0 Å². The lowest BCUT2D eigenvalue weighted by Crippen LogP contribution is -1.84. The maximum absolute atomic E-state index is 5.06. The molecule has 0 aliphatic carbocycles. The highest BCUT2D eigenvalue weighted by Gasteiger charge is 2.19. The lowest BCUT2D eigenvalue weighted by Gasteiger charge is -2.03. The molecule has 5 aromatic rings. The molecule has 3 nitrogen and oxygen atoms in total. The molecule has 3 heteroatoms. The molecule has 0 spiro atoms. The van der Waals surface area contributed by atoms with Crippen LogP contribution in [0.15, 0.2) is 78.9 Å². The van der Waals surface area contributed by atoms with Crippen LogP contribution in [0.1, 0.15) is 11.3 Å². The zero-order valence-electron chi connectivity index (χ0n) is 16.0. The molecule has 2 heterocycles. The Bertz CT molecular complexity index is 1260. The van der Waals surface area contributed by atoms with Gasteiger partial charge in [0.2, 0.25) is 0 Å². The van der Waals surface area contributed by atoms with Gasteiger partial charge in [-0.3, -0.25) is 0 Å². The Balaban J connectivity index is 1.76. The quantitative estimate of drug-likeness (QED) is 0.377. The molecule has 136 valence electrons. The van der Waals surface area contributed by atoms with Crippen LogP contribution < -0.4 is 0 Å². The first-order valence-electron chi connectivity index (χ1n) is 9.51. The van der Waals surface area contributed by atoms with Crippen molar-refractivity contribution in [1.29, 1.82) is 0 Å². The number of imidazole rings is 1. The topological polar surface area (TPSA) is 44.5 Å². The molecule has 0 unspecified atom stereocenters. The maximum Gasteiger partial charge on any atom is 0.140 e. The largest absolute Gasteiger partial charge is 0.358 e. The number of rotatable bonds is 3. The summed E-state index contributed by atoms with van der Waals surface area (Å²) in [6.07, 6.45) is 0. The van der Waals surface area contributed by atoms with Crippen molar-refractivity contribution < 1.29 is 0 Å². The summed E-state index contributed by atoms with van der Waals surface area (Å²) in [7, 11) is 0. The Morgan fingerprint density at radius 2 is 1.39 bits per heavy atom. The summed E-state index contributed by atoms with van der Waals surface area (Å²) in [4.78, 5) is 12.2. The Kier molecular flexibility index (Phi) is 3.87. The van der Waals surface area contributed by atoms with E-state index < -0.39 is 0 Å². The summed E-state index contributed by atoms with van der Waals surface area (Å²) in [6.45, 7) is 4.21. The van der Waals surface area contributed by atoms with Crippen molar-refractivity contribution in [2.75, 3.05) is 0 Å². The van der Waals surface area contributed by atoms with E-state index in [4.69, 9.17) is 4.98 Å². The number of nitrogens with zero attached hydrogens (tertiary/aromatic N) is 1. The van der Waals surface area contributed by atoms with Gasteiger partial charge in [0.1, 0.15) is 5.82 Å². The molecule has 0 fully saturated rings. The smallest absolute Gasteiger partial charge is 0.140 e. The number of H-pyrrole nitrogens is 2. The number of fused-ring (bicyclic) bond motifs is 1. The van der Waals surface area contributed by atoms with Crippen LogP contribution in [0, 0.1) is 13.8 Å². The molecular weight excluding hydrogens is 342 g/mol. The number of aromatic nitrogens is 3. The number of para-hydroxylation sites is 1. The minimum absolute atomic E-state index is 0.893. The highest BCUT2D eigenvalue weighted by atomic mass is 14.9. The molecule has 0 radical (unpaired) electrons. The van der Waals surface area contributed by atoms with Gasteiger partial charge in [0.25, 0.3) is 0 Å². The van der Waals surface area contributed by atoms with E-state index in [9.17, 15) is 0 Å². The van der Waals surface area contributed by atoms with Crippen LogP contribution in [0.25, 0.3) is 44.8 Å². The van der Waals surface area contributed by atoms with Crippen LogP contribution in [-0.2, 0) is 0 Å². The monoisotopic (exact) mass is 363 g/mol. The standard InChI is InChI=1S/C25H21N3/c1-16-12-14-19(15-13-16)24-23(18-8-4-3-5-9-18)27-25(28-24)22-17(2)26-21-11-7-6-10-20(21)22/h3-15,26H,1-2H3,(H,27,28). The molecule has 28 heavy (non-hydrogen) atoms. The van der Waals surface area contributed by atoms with E-state index in [1.807, 2.05) is 6.07 Å². The summed E-state index contributed by atoms with van der Waals surface area (Å²) in [5, 5.41) is 1.18. The Labute approximate surface area is 164 Å². The van der Waals surface area contributed by atoms with Gasteiger partial charge >= 0.3 is 0 Å². The molecular formula is C25H21N3. The number of nitrogens with one attached hydrogen (secondary N) is 2. The van der Waals surface area contributed by atoms with E-state index in [0.717, 1.165) is 45.1 Å². The zero-order valence-corrected chi connectivity index (χ0v) is 16.0. The van der Waals surface area contributed by atoms with Gasteiger partial charge in [-0.2, -0.15) is 0 Å². The van der Waals surface area contributed by atoms with E-state index in [1.165, 1.54) is 10.9 Å². The minimum atomic E-state index is 0.893. The predicted molar refractivity (Wildman–Crippen MR) is 116 cm³/mol. The van der Waals surface area contributed by atoms with Gasteiger partial charge in [-0.05, 0) is 19.9 Å². The fourth-order valence-electron chi connectivity index (χ4n) is 3.81. The molecule has 0 aliphatic rings. The van der Waals surface area contributed by atoms with Crippen molar-refractivity contribution in [3.8, 4) is 33.9 Å². The van der Waals surface area contributed by atoms with Crippen LogP contribution >= 0.6 is 0 Å². The molecule has 0 atom stereocenters. The van der Waals surface area contributed by atoms with Crippen molar-refractivity contribution >= 4 is 10.9 Å². The first-order chi connectivity index (χ1) is 13.7. The third-order valence-electron chi connectivity index (χ3n) is 5.22. The van der Waals surface area contributed by atoms with Gasteiger partial charge in [-0.1, -0.05) is 78.4 Å². The van der Waals surface area contributed by atoms with Gasteiger partial charge < -0.3 is 9.97 Å². The second-order valence-corrected chi connectivity index (χ2v) is 7.21. The van der Waals surface area contributed by atoms with E-state index in [1.54, 1.807) is 0 Å². The van der Waals surface area contributed by atoms with Crippen molar-refractivity contribution in [2.45, 2.75) is 13.8 Å². The van der Waals surface area contributed by atoms with Gasteiger partial charge in [0, 0.05) is 33.3 Å². The third kappa shape index (κ3) is 2.72. The molecule has 5 rings (SSSR count). The van der Waals surface area contributed by atoms with Crippen LogP contribution in [0.5, 0.6) is 0 Å². The summed E-state index contributed by atoms with van der Waals surface area (Å²) in [6, 6.07) is 27.3. The molecule has 0 saturated heterocycles. The van der Waals surface area contributed by atoms with E-state index in [0.29, 0.717) is 0 Å². The molecule has 2 aromatic heterocycles. The summed E-state index contributed by atoms with van der Waals surface area (Å²) in [5.74, 6) is 0.893. The third-order valence-corrected chi connectivity index (χ3v) is 5.22. The van der Waals surface area contributed by atoms with Crippen molar-refractivity contribution in [2.24, 2.45) is 0 Å². The second-order valence-electron chi connectivity index (χ2n) is 7.21. The van der Waals surface area contributed by atoms with Gasteiger partial charge in [-0.25, -0.2) is 4.98 Å². The number of hydrogen-bond donors (Lipinski definition) is 2. The molecule has 0 amide bonds. The molecule has 0 aliphatic heterocycles. The molecule has 2 N–H and O–H groups in total. The Hall–Kier alpha value is -3.59. The summed E-state index contributed by atoms with van der Waals surface area (Å²) >= 11 is 0.